The van der Waals surface area contributed by atoms with Crippen molar-refractivity contribution in [2.45, 2.75) is 11.0 Å². The molecule has 8 heteroatoms. The van der Waals surface area contributed by atoms with Crippen molar-refractivity contribution < 1.29 is 22.7 Å². The Bertz CT molecular complexity index is 1550. The fourth-order valence-electron chi connectivity index (χ4n) is 4.20. The minimum atomic E-state index is -3.77. The number of hydrogen-bond donors (Lipinski definition) is 0. The quantitative estimate of drug-likeness (QED) is 0.347. The van der Waals surface area contributed by atoms with Crippen molar-refractivity contribution in [1.29, 1.82) is 0 Å². The molecule has 0 radical (unpaired) electrons. The van der Waals surface area contributed by atoms with E-state index in [0.717, 1.165) is 10.8 Å². The highest BCUT2D eigenvalue weighted by Crippen LogP contribution is 2.27. The molecule has 36 heavy (non-hydrogen) atoms. The van der Waals surface area contributed by atoms with E-state index in [0.29, 0.717) is 22.7 Å². The first-order valence-electron chi connectivity index (χ1n) is 11.4. The summed E-state index contributed by atoms with van der Waals surface area (Å²) in [5.74, 6) is 0.456. The van der Waals surface area contributed by atoms with E-state index in [9.17, 15) is 13.2 Å². The monoisotopic (exact) mass is 500 g/mol. The maximum Gasteiger partial charge on any atom is 0.339 e. The SMILES string of the molecule is CN(C[C@H](COc1ccccc1)OC(=O)c1cccc2ccccc12)C1=NS(=O)(=O)c2ccccc21. The second-order valence-corrected chi connectivity index (χ2v) is 10.0. The summed E-state index contributed by atoms with van der Waals surface area (Å²) in [6, 6.07) is 29.0. The van der Waals surface area contributed by atoms with E-state index in [1.54, 1.807) is 36.2 Å². The molecule has 0 bridgehead atoms. The second kappa shape index (κ2) is 9.83. The topological polar surface area (TPSA) is 85.3 Å². The molecule has 1 aliphatic heterocycles. The fourth-order valence-corrected chi connectivity index (χ4v) is 5.46. The molecule has 0 N–H and O–H groups in total. The van der Waals surface area contributed by atoms with Crippen molar-refractivity contribution in [3.05, 3.63) is 108 Å². The molecular formula is C28H24N2O5S. The number of ether oxygens (including phenoxy) is 2. The zero-order valence-electron chi connectivity index (χ0n) is 19.6. The maximum absolute atomic E-state index is 13.3. The molecule has 4 aromatic rings. The normalized spacial score (nSPS) is 14.5. The van der Waals surface area contributed by atoms with E-state index in [4.69, 9.17) is 9.47 Å². The largest absolute Gasteiger partial charge is 0.490 e. The van der Waals surface area contributed by atoms with Gasteiger partial charge in [0.15, 0.2) is 11.9 Å². The lowest BCUT2D eigenvalue weighted by atomic mass is 10.0. The van der Waals surface area contributed by atoms with Crippen LogP contribution in [0.15, 0.2) is 106 Å². The van der Waals surface area contributed by atoms with Gasteiger partial charge in [-0.2, -0.15) is 8.42 Å². The van der Waals surface area contributed by atoms with Gasteiger partial charge in [-0.15, -0.1) is 4.40 Å². The van der Waals surface area contributed by atoms with Crippen LogP contribution < -0.4 is 4.74 Å². The van der Waals surface area contributed by atoms with Gasteiger partial charge in [0.25, 0.3) is 10.0 Å². The fraction of sp³-hybridized carbons (Fsp3) is 0.143. The molecule has 5 rings (SSSR count). The van der Waals surface area contributed by atoms with Crippen molar-refractivity contribution in [2.75, 3.05) is 20.2 Å². The zero-order chi connectivity index (χ0) is 25.1. The molecule has 0 fully saturated rings. The highest BCUT2D eigenvalue weighted by Gasteiger charge is 2.32. The number of carbonyl (C=O) groups is 1. The Morgan fingerprint density at radius 2 is 1.58 bits per heavy atom. The lowest BCUT2D eigenvalue weighted by Crippen LogP contribution is -2.39. The first-order chi connectivity index (χ1) is 17.4. The van der Waals surface area contributed by atoms with Crippen LogP contribution in [0.5, 0.6) is 5.75 Å². The highest BCUT2D eigenvalue weighted by molar-refractivity contribution is 7.90. The molecule has 0 saturated carbocycles. The number of sulfonamides is 1. The summed E-state index contributed by atoms with van der Waals surface area (Å²) >= 11 is 0. The molecule has 1 atom stereocenters. The Morgan fingerprint density at radius 1 is 0.889 bits per heavy atom. The summed E-state index contributed by atoms with van der Waals surface area (Å²) in [6.45, 7) is 0.249. The van der Waals surface area contributed by atoms with Crippen LogP contribution in [0.1, 0.15) is 15.9 Å². The highest BCUT2D eigenvalue weighted by atomic mass is 32.2. The number of fused-ring (bicyclic) bond motifs is 2. The minimum Gasteiger partial charge on any atom is -0.490 e. The summed E-state index contributed by atoms with van der Waals surface area (Å²) in [7, 11) is -2.05. The van der Waals surface area contributed by atoms with E-state index in [-0.39, 0.29) is 18.0 Å². The maximum atomic E-state index is 13.3. The van der Waals surface area contributed by atoms with Crippen LogP contribution in [0.25, 0.3) is 10.8 Å². The number of rotatable bonds is 7. The number of benzene rings is 4. The summed E-state index contributed by atoms with van der Waals surface area (Å²) in [5.41, 5.74) is 0.967. The van der Waals surface area contributed by atoms with Gasteiger partial charge in [-0.25, -0.2) is 4.79 Å². The molecule has 0 aromatic heterocycles. The van der Waals surface area contributed by atoms with Crippen molar-refractivity contribution in [1.82, 2.24) is 4.90 Å². The lowest BCUT2D eigenvalue weighted by Gasteiger charge is -2.26. The number of esters is 1. The molecule has 0 spiro atoms. The van der Waals surface area contributed by atoms with Gasteiger partial charge in [0.2, 0.25) is 0 Å². The van der Waals surface area contributed by atoms with Gasteiger partial charge < -0.3 is 14.4 Å². The lowest BCUT2D eigenvalue weighted by molar-refractivity contribution is 0.0132. The molecule has 0 unspecified atom stereocenters. The molecule has 0 amide bonds. The van der Waals surface area contributed by atoms with Gasteiger partial charge in [0.05, 0.1) is 12.1 Å². The Balaban J connectivity index is 1.40. The average Bonchev–Trinajstić information content (AvgIpc) is 3.18. The number of hydrogen-bond acceptors (Lipinski definition) is 6. The van der Waals surface area contributed by atoms with Crippen LogP contribution in [0.4, 0.5) is 0 Å². The number of para-hydroxylation sites is 1. The van der Waals surface area contributed by atoms with Gasteiger partial charge in [0, 0.05) is 12.6 Å². The summed E-state index contributed by atoms with van der Waals surface area (Å²) in [5, 5.41) is 1.73. The average molecular weight is 501 g/mol. The van der Waals surface area contributed by atoms with E-state index >= 15 is 0 Å². The second-order valence-electron chi connectivity index (χ2n) is 8.44. The van der Waals surface area contributed by atoms with E-state index < -0.39 is 22.1 Å². The Hall–Kier alpha value is -4.17. The number of carbonyl (C=O) groups excluding carboxylic acids is 1. The molecule has 7 nitrogen and oxygen atoms in total. The van der Waals surface area contributed by atoms with Crippen LogP contribution in [-0.2, 0) is 14.8 Å². The van der Waals surface area contributed by atoms with E-state index in [1.807, 2.05) is 66.7 Å². The third kappa shape index (κ3) is 4.81. The van der Waals surface area contributed by atoms with Gasteiger partial charge >= 0.3 is 5.97 Å². The number of nitrogens with zero attached hydrogens (tertiary/aromatic N) is 2. The van der Waals surface area contributed by atoms with Gasteiger partial charge in [-0.1, -0.05) is 66.7 Å². The van der Waals surface area contributed by atoms with Crippen molar-refractivity contribution >= 4 is 32.6 Å². The number of amidine groups is 1. The Morgan fingerprint density at radius 3 is 2.42 bits per heavy atom. The first-order valence-corrected chi connectivity index (χ1v) is 12.9. The summed E-state index contributed by atoms with van der Waals surface area (Å²) in [4.78, 5) is 15.1. The predicted molar refractivity (Wildman–Crippen MR) is 138 cm³/mol. The van der Waals surface area contributed by atoms with Crippen LogP contribution in [0, 0.1) is 0 Å². The van der Waals surface area contributed by atoms with Gasteiger partial charge in [0.1, 0.15) is 17.3 Å². The van der Waals surface area contributed by atoms with Crippen molar-refractivity contribution in [2.24, 2.45) is 4.40 Å². The number of likely N-dealkylation sites (N-methyl/N-ethyl adjacent to an activating group) is 1. The van der Waals surface area contributed by atoms with Gasteiger partial charge in [-0.3, -0.25) is 0 Å². The molecular weight excluding hydrogens is 476 g/mol. The predicted octanol–water partition coefficient (Wildman–Crippen LogP) is 4.53. The Labute approximate surface area is 209 Å². The van der Waals surface area contributed by atoms with Crippen molar-refractivity contribution in [3.8, 4) is 5.75 Å². The third-order valence-electron chi connectivity index (χ3n) is 5.91. The third-order valence-corrected chi connectivity index (χ3v) is 7.24. The molecule has 1 aliphatic rings. The summed E-state index contributed by atoms with van der Waals surface area (Å²) < 4.78 is 40.9. The zero-order valence-corrected chi connectivity index (χ0v) is 20.4. The molecule has 4 aromatic carbocycles. The van der Waals surface area contributed by atoms with Crippen LogP contribution in [0.2, 0.25) is 0 Å². The molecule has 0 saturated heterocycles. The van der Waals surface area contributed by atoms with E-state index in [1.165, 1.54) is 6.07 Å². The Kier molecular flexibility index (Phi) is 6.43. The molecule has 1 heterocycles. The van der Waals surface area contributed by atoms with Crippen molar-refractivity contribution in [3.63, 3.8) is 0 Å². The van der Waals surface area contributed by atoms with Gasteiger partial charge in [-0.05, 0) is 41.1 Å². The molecule has 182 valence electrons. The van der Waals surface area contributed by atoms with Crippen LogP contribution >= 0.6 is 0 Å². The first kappa shape index (κ1) is 23.6. The smallest absolute Gasteiger partial charge is 0.339 e. The standard InChI is InChI=1S/C28H24N2O5S/c1-30(27-25-15-7-8-17-26(25)36(32,33)29-27)18-22(19-34-21-12-3-2-4-13-21)35-28(31)24-16-9-11-20-10-5-6-14-23(20)24/h2-17,22H,18-19H2,1H3/t22-/m1/s1. The van der Waals surface area contributed by atoms with Crippen LogP contribution in [-0.4, -0.2) is 51.4 Å². The van der Waals surface area contributed by atoms with Crippen LogP contribution in [0.3, 0.4) is 0 Å². The summed E-state index contributed by atoms with van der Waals surface area (Å²) in [6.07, 6.45) is -0.708. The molecule has 0 aliphatic carbocycles. The minimum absolute atomic E-state index is 0.0759. The van der Waals surface area contributed by atoms with E-state index in [2.05, 4.69) is 4.40 Å².